The number of anilines is 2. The average Bonchev–Trinajstić information content (AvgIpc) is 2.76. The lowest BCUT2D eigenvalue weighted by atomic mass is 10.1. The molecule has 3 aromatic rings. The number of nitrogens with zero attached hydrogens (tertiary/aromatic N) is 1. The molecule has 0 aliphatic heterocycles. The third-order valence-corrected chi connectivity index (χ3v) is 4.77. The van der Waals surface area contributed by atoms with Crippen LogP contribution in [0, 0.1) is 6.92 Å². The molecule has 0 saturated heterocycles. The number of nitrogens with one attached hydrogen (secondary N) is 1. The Morgan fingerprint density at radius 1 is 0.967 bits per heavy atom. The van der Waals surface area contributed by atoms with Gasteiger partial charge in [-0.2, -0.15) is 0 Å². The van der Waals surface area contributed by atoms with Gasteiger partial charge in [0, 0.05) is 23.5 Å². The van der Waals surface area contributed by atoms with Crippen molar-refractivity contribution >= 4 is 23.2 Å². The molecular weight excluding hydrogens is 376 g/mol. The van der Waals surface area contributed by atoms with Gasteiger partial charge in [-0.1, -0.05) is 42.5 Å². The molecule has 1 N–H and O–H groups in total. The van der Waals surface area contributed by atoms with Crippen molar-refractivity contribution in [2.45, 2.75) is 26.9 Å². The maximum atomic E-state index is 13.0. The van der Waals surface area contributed by atoms with Crippen molar-refractivity contribution in [1.82, 2.24) is 0 Å². The highest BCUT2D eigenvalue weighted by Gasteiger charge is 2.19. The van der Waals surface area contributed by atoms with E-state index in [1.807, 2.05) is 68.4 Å². The fourth-order valence-electron chi connectivity index (χ4n) is 3.11. The van der Waals surface area contributed by atoms with E-state index in [1.165, 1.54) is 0 Å². The van der Waals surface area contributed by atoms with Gasteiger partial charge in [0.05, 0.1) is 0 Å². The van der Waals surface area contributed by atoms with E-state index in [4.69, 9.17) is 4.74 Å². The Bertz CT molecular complexity index is 1020. The normalized spacial score (nSPS) is 11.4. The zero-order chi connectivity index (χ0) is 21.5. The van der Waals surface area contributed by atoms with Crippen molar-refractivity contribution in [3.63, 3.8) is 0 Å². The Balaban J connectivity index is 1.71. The first-order valence-corrected chi connectivity index (χ1v) is 9.99. The Kier molecular flexibility index (Phi) is 6.86. The molecule has 1 unspecified atom stereocenters. The summed E-state index contributed by atoms with van der Waals surface area (Å²) < 4.78 is 5.78. The van der Waals surface area contributed by atoms with Crippen molar-refractivity contribution in [2.75, 3.05) is 16.8 Å². The zero-order valence-electron chi connectivity index (χ0n) is 17.5. The molecule has 0 aliphatic carbocycles. The van der Waals surface area contributed by atoms with Gasteiger partial charge in [0.1, 0.15) is 5.75 Å². The van der Waals surface area contributed by atoms with Crippen molar-refractivity contribution in [3.8, 4) is 5.75 Å². The van der Waals surface area contributed by atoms with E-state index in [1.54, 1.807) is 36.1 Å². The molecular formula is C25H26N2O3. The number of ether oxygens (including phenoxy) is 1. The Labute approximate surface area is 177 Å². The summed E-state index contributed by atoms with van der Waals surface area (Å²) in [6.07, 6.45) is -0.679. The quantitative estimate of drug-likeness (QED) is 0.600. The number of rotatable bonds is 7. The first kappa shape index (κ1) is 21.1. The predicted octanol–water partition coefficient (Wildman–Crippen LogP) is 5.07. The number of para-hydroxylation sites is 2. The van der Waals surface area contributed by atoms with E-state index >= 15 is 0 Å². The first-order chi connectivity index (χ1) is 14.5. The fraction of sp³-hybridized carbons (Fsp3) is 0.200. The lowest BCUT2D eigenvalue weighted by molar-refractivity contribution is -0.122. The summed E-state index contributed by atoms with van der Waals surface area (Å²) in [6.45, 7) is 6.11. The smallest absolute Gasteiger partial charge is 0.265 e. The van der Waals surface area contributed by atoms with Crippen molar-refractivity contribution in [3.05, 3.63) is 90.0 Å². The van der Waals surface area contributed by atoms with Crippen LogP contribution in [0.1, 0.15) is 29.8 Å². The number of aryl methyl sites for hydroxylation is 1. The molecule has 3 rings (SSSR count). The monoisotopic (exact) mass is 402 g/mol. The van der Waals surface area contributed by atoms with Crippen LogP contribution >= 0.6 is 0 Å². The molecule has 0 bridgehead atoms. The van der Waals surface area contributed by atoms with E-state index in [0.29, 0.717) is 23.5 Å². The molecule has 1 atom stereocenters. The molecule has 0 radical (unpaired) electrons. The highest BCUT2D eigenvalue weighted by atomic mass is 16.5. The maximum Gasteiger partial charge on any atom is 0.265 e. The van der Waals surface area contributed by atoms with Crippen molar-refractivity contribution in [2.24, 2.45) is 0 Å². The molecule has 154 valence electrons. The summed E-state index contributed by atoms with van der Waals surface area (Å²) in [5.41, 5.74) is 2.85. The lowest BCUT2D eigenvalue weighted by Crippen LogP contribution is -2.31. The summed E-state index contributed by atoms with van der Waals surface area (Å²) in [5, 5.41) is 2.84. The zero-order valence-corrected chi connectivity index (χ0v) is 17.5. The SMILES string of the molecule is CCN(C(=O)c1cccc(NC(=O)C(C)Oc2ccccc2C)c1)c1ccccc1. The third-order valence-electron chi connectivity index (χ3n) is 4.77. The van der Waals surface area contributed by atoms with Crippen LogP contribution in [-0.4, -0.2) is 24.5 Å². The van der Waals surface area contributed by atoms with Gasteiger partial charge in [-0.25, -0.2) is 0 Å². The number of carbonyl (C=O) groups excluding carboxylic acids is 2. The molecule has 0 aliphatic rings. The number of hydrogen-bond donors (Lipinski definition) is 1. The van der Waals surface area contributed by atoms with Crippen LogP contribution in [0.4, 0.5) is 11.4 Å². The molecule has 0 heterocycles. The van der Waals surface area contributed by atoms with Crippen molar-refractivity contribution in [1.29, 1.82) is 0 Å². The van der Waals surface area contributed by atoms with Crippen molar-refractivity contribution < 1.29 is 14.3 Å². The first-order valence-electron chi connectivity index (χ1n) is 9.99. The summed E-state index contributed by atoms with van der Waals surface area (Å²) >= 11 is 0. The van der Waals surface area contributed by atoms with Gasteiger partial charge >= 0.3 is 0 Å². The van der Waals surface area contributed by atoms with E-state index in [-0.39, 0.29) is 11.8 Å². The molecule has 0 fully saturated rings. The van der Waals surface area contributed by atoms with Gasteiger partial charge in [-0.05, 0) is 62.7 Å². The molecule has 0 aromatic heterocycles. The minimum absolute atomic E-state index is 0.121. The highest BCUT2D eigenvalue weighted by Crippen LogP contribution is 2.20. The largest absolute Gasteiger partial charge is 0.481 e. The standard InChI is InChI=1S/C25H26N2O3/c1-4-27(22-14-6-5-7-15-22)25(29)20-12-10-13-21(17-20)26-24(28)19(3)30-23-16-9-8-11-18(23)2/h5-17,19H,4H2,1-3H3,(H,26,28). The molecule has 0 saturated carbocycles. The van der Waals surface area contributed by atoms with E-state index < -0.39 is 6.10 Å². The molecule has 3 aromatic carbocycles. The molecule has 30 heavy (non-hydrogen) atoms. The van der Waals surface area contributed by atoms with Crippen LogP contribution in [0.15, 0.2) is 78.9 Å². The highest BCUT2D eigenvalue weighted by molar-refractivity contribution is 6.07. The maximum absolute atomic E-state index is 13.0. The lowest BCUT2D eigenvalue weighted by Gasteiger charge is -2.21. The summed E-state index contributed by atoms with van der Waals surface area (Å²) in [5.74, 6) is 0.271. The summed E-state index contributed by atoms with van der Waals surface area (Å²) in [6, 6.07) is 24.0. The number of amides is 2. The Hall–Kier alpha value is -3.60. The molecule has 5 heteroatoms. The number of hydrogen-bond acceptors (Lipinski definition) is 3. The van der Waals surface area contributed by atoms with Gasteiger partial charge in [-0.3, -0.25) is 9.59 Å². The van der Waals surface area contributed by atoms with E-state index in [0.717, 1.165) is 11.3 Å². The van der Waals surface area contributed by atoms with Crippen LogP contribution in [0.3, 0.4) is 0 Å². The number of carbonyl (C=O) groups is 2. The predicted molar refractivity (Wildman–Crippen MR) is 120 cm³/mol. The van der Waals surface area contributed by atoms with E-state index in [2.05, 4.69) is 5.32 Å². The molecule has 5 nitrogen and oxygen atoms in total. The average molecular weight is 402 g/mol. The second-order valence-corrected chi connectivity index (χ2v) is 6.98. The fourth-order valence-corrected chi connectivity index (χ4v) is 3.11. The van der Waals surface area contributed by atoms with Crippen LogP contribution in [0.25, 0.3) is 0 Å². The summed E-state index contributed by atoms with van der Waals surface area (Å²) in [7, 11) is 0. The van der Waals surface area contributed by atoms with Crippen LogP contribution in [-0.2, 0) is 4.79 Å². The Morgan fingerprint density at radius 2 is 1.67 bits per heavy atom. The van der Waals surface area contributed by atoms with Gasteiger partial charge < -0.3 is 15.0 Å². The topological polar surface area (TPSA) is 58.6 Å². The minimum Gasteiger partial charge on any atom is -0.481 e. The van der Waals surface area contributed by atoms with Gasteiger partial charge in [0.2, 0.25) is 0 Å². The van der Waals surface area contributed by atoms with Gasteiger partial charge in [0.15, 0.2) is 6.10 Å². The minimum atomic E-state index is -0.679. The second-order valence-electron chi connectivity index (χ2n) is 6.98. The van der Waals surface area contributed by atoms with Gasteiger partial charge in [0.25, 0.3) is 11.8 Å². The van der Waals surface area contributed by atoms with E-state index in [9.17, 15) is 9.59 Å². The van der Waals surface area contributed by atoms with Crippen LogP contribution in [0.5, 0.6) is 5.75 Å². The second kappa shape index (κ2) is 9.74. The third kappa shape index (κ3) is 5.06. The summed E-state index contributed by atoms with van der Waals surface area (Å²) in [4.78, 5) is 27.3. The molecule has 0 spiro atoms. The van der Waals surface area contributed by atoms with Crippen LogP contribution in [0.2, 0.25) is 0 Å². The van der Waals surface area contributed by atoms with Gasteiger partial charge in [-0.15, -0.1) is 0 Å². The van der Waals surface area contributed by atoms with Crippen LogP contribution < -0.4 is 15.0 Å². The number of benzene rings is 3. The molecule has 2 amide bonds. The Morgan fingerprint density at radius 3 is 2.37 bits per heavy atom.